The van der Waals surface area contributed by atoms with Crippen molar-refractivity contribution in [3.8, 4) is 0 Å². The highest BCUT2D eigenvalue weighted by atomic mass is 32.1. The summed E-state index contributed by atoms with van der Waals surface area (Å²) in [7, 11) is 0. The van der Waals surface area contributed by atoms with Crippen molar-refractivity contribution in [1.29, 1.82) is 0 Å². The lowest BCUT2D eigenvalue weighted by atomic mass is 9.83. The van der Waals surface area contributed by atoms with Crippen LogP contribution in [0.2, 0.25) is 0 Å². The van der Waals surface area contributed by atoms with Crippen LogP contribution in [0.1, 0.15) is 51.2 Å². The van der Waals surface area contributed by atoms with Crippen molar-refractivity contribution in [3.05, 3.63) is 16.1 Å². The molecular weight excluding hydrogens is 256 g/mol. The third-order valence-corrected chi connectivity index (χ3v) is 4.91. The van der Waals surface area contributed by atoms with Crippen LogP contribution >= 0.6 is 11.3 Å². The molecule has 3 nitrogen and oxygen atoms in total. The lowest BCUT2D eigenvalue weighted by Gasteiger charge is -2.43. The zero-order valence-electron chi connectivity index (χ0n) is 12.7. The number of hydrogen-bond donors (Lipinski definition) is 1. The standard InChI is InChI=1S/C15H26N2OS/c1-10(2)13-8-15(6-7-18-13,17-11(3)4)14-16-12(5)9-19-14/h9-11,13,17H,6-8H2,1-5H3. The summed E-state index contributed by atoms with van der Waals surface area (Å²) >= 11 is 1.78. The largest absolute Gasteiger partial charge is 0.378 e. The second kappa shape index (κ2) is 5.90. The van der Waals surface area contributed by atoms with Gasteiger partial charge >= 0.3 is 0 Å². The van der Waals surface area contributed by atoms with Gasteiger partial charge in [-0.05, 0) is 39.5 Å². The molecule has 0 bridgehead atoms. The smallest absolute Gasteiger partial charge is 0.113 e. The molecule has 1 N–H and O–H groups in total. The quantitative estimate of drug-likeness (QED) is 0.918. The first-order valence-electron chi connectivity index (χ1n) is 7.25. The van der Waals surface area contributed by atoms with Gasteiger partial charge in [0.25, 0.3) is 0 Å². The maximum Gasteiger partial charge on any atom is 0.113 e. The van der Waals surface area contributed by atoms with Crippen LogP contribution in [0.4, 0.5) is 0 Å². The molecule has 0 spiro atoms. The molecule has 1 aromatic rings. The van der Waals surface area contributed by atoms with E-state index < -0.39 is 0 Å². The highest BCUT2D eigenvalue weighted by molar-refractivity contribution is 7.09. The average Bonchev–Trinajstić information content (AvgIpc) is 2.76. The Morgan fingerprint density at radius 1 is 1.42 bits per heavy atom. The van der Waals surface area contributed by atoms with Crippen LogP contribution in [0.5, 0.6) is 0 Å². The third kappa shape index (κ3) is 3.36. The van der Waals surface area contributed by atoms with Crippen molar-refractivity contribution in [1.82, 2.24) is 10.3 Å². The van der Waals surface area contributed by atoms with Crippen LogP contribution in [-0.4, -0.2) is 23.7 Å². The number of aromatic nitrogens is 1. The van der Waals surface area contributed by atoms with Gasteiger partial charge in [-0.25, -0.2) is 4.98 Å². The highest BCUT2D eigenvalue weighted by Gasteiger charge is 2.41. The molecule has 4 heteroatoms. The van der Waals surface area contributed by atoms with Crippen LogP contribution in [0.25, 0.3) is 0 Å². The number of ether oxygens (including phenoxy) is 1. The van der Waals surface area contributed by atoms with E-state index in [9.17, 15) is 0 Å². The maximum atomic E-state index is 5.94. The second-order valence-corrected chi connectivity index (χ2v) is 7.14. The Balaban J connectivity index is 2.29. The minimum absolute atomic E-state index is 0.000278. The van der Waals surface area contributed by atoms with Crippen molar-refractivity contribution in [2.75, 3.05) is 6.61 Å². The summed E-state index contributed by atoms with van der Waals surface area (Å²) in [5.41, 5.74) is 1.12. The van der Waals surface area contributed by atoms with Crippen LogP contribution < -0.4 is 5.32 Å². The van der Waals surface area contributed by atoms with Gasteiger partial charge in [0, 0.05) is 23.7 Å². The summed E-state index contributed by atoms with van der Waals surface area (Å²) < 4.78 is 5.94. The molecule has 2 rings (SSSR count). The Morgan fingerprint density at radius 2 is 2.16 bits per heavy atom. The van der Waals surface area contributed by atoms with Gasteiger partial charge in [-0.2, -0.15) is 0 Å². The van der Waals surface area contributed by atoms with Crippen molar-refractivity contribution >= 4 is 11.3 Å². The van der Waals surface area contributed by atoms with Gasteiger partial charge in [0.05, 0.1) is 11.6 Å². The van der Waals surface area contributed by atoms with Crippen LogP contribution in [0, 0.1) is 12.8 Å². The van der Waals surface area contributed by atoms with Gasteiger partial charge in [-0.1, -0.05) is 13.8 Å². The van der Waals surface area contributed by atoms with Crippen molar-refractivity contribution < 1.29 is 4.74 Å². The van der Waals surface area contributed by atoms with Gasteiger partial charge < -0.3 is 10.1 Å². The fraction of sp³-hybridized carbons (Fsp3) is 0.800. The Hall–Kier alpha value is -0.450. The molecule has 19 heavy (non-hydrogen) atoms. The predicted octanol–water partition coefficient (Wildman–Crippen LogP) is 3.48. The van der Waals surface area contributed by atoms with E-state index in [0.717, 1.165) is 25.1 Å². The molecule has 2 heterocycles. The Labute approximate surface area is 120 Å². The zero-order chi connectivity index (χ0) is 14.0. The fourth-order valence-electron chi connectivity index (χ4n) is 2.83. The molecule has 0 amide bonds. The average molecular weight is 282 g/mol. The van der Waals surface area contributed by atoms with Crippen molar-refractivity contribution in [2.45, 2.75) is 65.1 Å². The molecule has 2 atom stereocenters. The van der Waals surface area contributed by atoms with Gasteiger partial charge in [0.15, 0.2) is 0 Å². The summed E-state index contributed by atoms with van der Waals surface area (Å²) in [6, 6.07) is 0.454. The van der Waals surface area contributed by atoms with E-state index in [-0.39, 0.29) is 5.54 Å². The third-order valence-electron chi connectivity index (χ3n) is 3.75. The topological polar surface area (TPSA) is 34.1 Å². The summed E-state index contributed by atoms with van der Waals surface area (Å²) in [4.78, 5) is 4.75. The van der Waals surface area contributed by atoms with Gasteiger partial charge in [0.1, 0.15) is 5.01 Å². The molecule has 1 aliphatic heterocycles. The van der Waals surface area contributed by atoms with E-state index in [1.54, 1.807) is 11.3 Å². The number of nitrogens with zero attached hydrogens (tertiary/aromatic N) is 1. The summed E-state index contributed by atoms with van der Waals surface area (Å²) in [6.45, 7) is 11.8. The van der Waals surface area contributed by atoms with E-state index >= 15 is 0 Å². The zero-order valence-corrected chi connectivity index (χ0v) is 13.5. The number of nitrogens with one attached hydrogen (secondary N) is 1. The molecule has 2 unspecified atom stereocenters. The molecule has 0 aromatic carbocycles. The van der Waals surface area contributed by atoms with E-state index in [1.165, 1.54) is 5.01 Å². The molecule has 1 fully saturated rings. The van der Waals surface area contributed by atoms with Gasteiger partial charge in [-0.15, -0.1) is 11.3 Å². The fourth-order valence-corrected chi connectivity index (χ4v) is 3.83. The lowest BCUT2D eigenvalue weighted by molar-refractivity contribution is -0.0554. The highest BCUT2D eigenvalue weighted by Crippen LogP contribution is 2.38. The summed E-state index contributed by atoms with van der Waals surface area (Å²) in [6.07, 6.45) is 2.36. The normalized spacial score (nSPS) is 28.3. The molecule has 1 aromatic heterocycles. The van der Waals surface area contributed by atoms with Crippen molar-refractivity contribution in [2.24, 2.45) is 5.92 Å². The first kappa shape index (κ1) is 14.9. The van der Waals surface area contributed by atoms with E-state index in [4.69, 9.17) is 9.72 Å². The van der Waals surface area contributed by atoms with Crippen LogP contribution in [-0.2, 0) is 10.3 Å². The number of thiazole rings is 1. The Kier molecular flexibility index (Phi) is 4.64. The van der Waals surface area contributed by atoms with E-state index in [2.05, 4.69) is 45.3 Å². The number of aryl methyl sites for hydroxylation is 1. The van der Waals surface area contributed by atoms with Crippen molar-refractivity contribution in [3.63, 3.8) is 0 Å². The van der Waals surface area contributed by atoms with Gasteiger partial charge in [0.2, 0.25) is 0 Å². The first-order chi connectivity index (χ1) is 8.93. The SMILES string of the molecule is Cc1csc(C2(NC(C)C)CCOC(C(C)C)C2)n1. The van der Waals surface area contributed by atoms with Crippen LogP contribution in [0.15, 0.2) is 5.38 Å². The maximum absolute atomic E-state index is 5.94. The molecule has 0 aliphatic carbocycles. The number of rotatable bonds is 4. The Morgan fingerprint density at radius 3 is 2.68 bits per heavy atom. The first-order valence-corrected chi connectivity index (χ1v) is 8.13. The molecule has 108 valence electrons. The molecule has 0 radical (unpaired) electrons. The predicted molar refractivity (Wildman–Crippen MR) is 80.6 cm³/mol. The number of hydrogen-bond acceptors (Lipinski definition) is 4. The second-order valence-electron chi connectivity index (χ2n) is 6.28. The summed E-state index contributed by atoms with van der Waals surface area (Å²) in [5.74, 6) is 0.551. The molecule has 1 aliphatic rings. The van der Waals surface area contributed by atoms with E-state index in [0.29, 0.717) is 18.1 Å². The van der Waals surface area contributed by atoms with E-state index in [1.807, 2.05) is 0 Å². The minimum atomic E-state index is 0.000278. The minimum Gasteiger partial charge on any atom is -0.378 e. The van der Waals surface area contributed by atoms with Gasteiger partial charge in [-0.3, -0.25) is 0 Å². The Bertz CT molecular complexity index is 416. The monoisotopic (exact) mass is 282 g/mol. The molecule has 0 saturated carbocycles. The molecular formula is C15H26N2OS. The lowest BCUT2D eigenvalue weighted by Crippen LogP contribution is -2.52. The van der Waals surface area contributed by atoms with Crippen LogP contribution in [0.3, 0.4) is 0 Å². The summed E-state index contributed by atoms with van der Waals surface area (Å²) in [5, 5.41) is 7.16. The molecule has 1 saturated heterocycles.